The molecule has 1 aliphatic rings. The number of nitrogens with one attached hydrogen (secondary N) is 1. The number of aromatic amines is 1. The lowest BCUT2D eigenvalue weighted by Gasteiger charge is -2.15. The van der Waals surface area contributed by atoms with Gasteiger partial charge in [0.05, 0.1) is 24.9 Å². The van der Waals surface area contributed by atoms with Crippen LogP contribution in [-0.2, 0) is 4.74 Å². The SMILES string of the molecule is C#CCOc1cn([C@H]2CC(N=[N+]=[N-])[C@@H](CO)O2)c(=O)[nH]c1=O. The van der Waals surface area contributed by atoms with Gasteiger partial charge in [-0.25, -0.2) is 4.79 Å². The molecule has 1 aliphatic heterocycles. The maximum Gasteiger partial charge on any atom is 0.330 e. The molecule has 0 saturated carbocycles. The van der Waals surface area contributed by atoms with Gasteiger partial charge in [-0.05, 0) is 5.53 Å². The first-order valence-corrected chi connectivity index (χ1v) is 6.33. The Morgan fingerprint density at radius 1 is 1.68 bits per heavy atom. The highest BCUT2D eigenvalue weighted by atomic mass is 16.5. The van der Waals surface area contributed by atoms with Gasteiger partial charge in [0.25, 0.3) is 5.56 Å². The van der Waals surface area contributed by atoms with Crippen molar-refractivity contribution in [3.8, 4) is 18.1 Å². The molecule has 0 spiro atoms. The largest absolute Gasteiger partial charge is 0.474 e. The summed E-state index contributed by atoms with van der Waals surface area (Å²) in [5.74, 6) is 2.07. The highest BCUT2D eigenvalue weighted by Crippen LogP contribution is 2.30. The first-order valence-electron chi connectivity index (χ1n) is 6.33. The summed E-state index contributed by atoms with van der Waals surface area (Å²) in [5, 5.41) is 12.7. The van der Waals surface area contributed by atoms with Crippen molar-refractivity contribution in [2.45, 2.75) is 24.8 Å². The van der Waals surface area contributed by atoms with Gasteiger partial charge in [-0.15, -0.1) is 6.42 Å². The Bertz CT molecular complexity index is 741. The zero-order valence-electron chi connectivity index (χ0n) is 11.4. The summed E-state index contributed by atoms with van der Waals surface area (Å²) >= 11 is 0. The summed E-state index contributed by atoms with van der Waals surface area (Å²) in [7, 11) is 0. The van der Waals surface area contributed by atoms with E-state index < -0.39 is 29.6 Å². The van der Waals surface area contributed by atoms with Crippen molar-refractivity contribution in [2.24, 2.45) is 5.11 Å². The molecule has 0 bridgehead atoms. The highest BCUT2D eigenvalue weighted by molar-refractivity contribution is 5.13. The third-order valence-corrected chi connectivity index (χ3v) is 3.14. The predicted molar refractivity (Wildman–Crippen MR) is 74.2 cm³/mol. The van der Waals surface area contributed by atoms with Crippen molar-refractivity contribution in [2.75, 3.05) is 13.2 Å². The normalized spacial score (nSPS) is 23.5. The van der Waals surface area contributed by atoms with E-state index in [1.807, 2.05) is 0 Å². The number of rotatable bonds is 5. The molecule has 2 rings (SSSR count). The fourth-order valence-corrected chi connectivity index (χ4v) is 2.14. The first-order chi connectivity index (χ1) is 10.6. The first kappa shape index (κ1) is 15.7. The van der Waals surface area contributed by atoms with Crippen LogP contribution in [0, 0.1) is 12.3 Å². The van der Waals surface area contributed by atoms with E-state index in [1.165, 1.54) is 6.20 Å². The van der Waals surface area contributed by atoms with Crippen LogP contribution in [0.15, 0.2) is 20.9 Å². The topological polar surface area (TPSA) is 142 Å². The van der Waals surface area contributed by atoms with E-state index in [0.717, 1.165) is 4.57 Å². The van der Waals surface area contributed by atoms with Crippen molar-refractivity contribution in [3.63, 3.8) is 0 Å². The number of nitrogens with zero attached hydrogens (tertiary/aromatic N) is 4. The Kier molecular flexibility index (Phi) is 4.85. The minimum atomic E-state index is -0.801. The number of hydrogen-bond acceptors (Lipinski definition) is 6. The van der Waals surface area contributed by atoms with Gasteiger partial charge in [-0.3, -0.25) is 14.3 Å². The van der Waals surface area contributed by atoms with E-state index in [0.29, 0.717) is 0 Å². The molecule has 10 heteroatoms. The quantitative estimate of drug-likeness (QED) is 0.326. The lowest BCUT2D eigenvalue weighted by Crippen LogP contribution is -2.33. The van der Waals surface area contributed by atoms with Gasteiger partial charge in [0.2, 0.25) is 5.75 Å². The molecule has 10 nitrogen and oxygen atoms in total. The van der Waals surface area contributed by atoms with Crippen molar-refractivity contribution < 1.29 is 14.6 Å². The maximum atomic E-state index is 11.9. The monoisotopic (exact) mass is 307 g/mol. The van der Waals surface area contributed by atoms with Gasteiger partial charge < -0.3 is 14.6 Å². The molecule has 0 aromatic carbocycles. The molecule has 0 radical (unpaired) electrons. The van der Waals surface area contributed by atoms with Crippen LogP contribution in [0.5, 0.6) is 5.75 Å². The number of aromatic nitrogens is 2. The summed E-state index contributed by atoms with van der Waals surface area (Å²) in [6, 6.07) is -0.617. The van der Waals surface area contributed by atoms with Crippen molar-refractivity contribution in [1.29, 1.82) is 0 Å². The number of azide groups is 1. The number of aliphatic hydroxyl groups is 1. The third kappa shape index (κ3) is 3.12. The molecule has 1 aromatic rings. The van der Waals surface area contributed by atoms with E-state index in [2.05, 4.69) is 20.9 Å². The summed E-state index contributed by atoms with van der Waals surface area (Å²) < 4.78 is 11.6. The fraction of sp³-hybridized carbons (Fsp3) is 0.500. The molecule has 1 aromatic heterocycles. The molecule has 2 heterocycles. The third-order valence-electron chi connectivity index (χ3n) is 3.14. The summed E-state index contributed by atoms with van der Waals surface area (Å²) in [4.78, 5) is 28.2. The Morgan fingerprint density at radius 2 is 2.45 bits per heavy atom. The zero-order valence-corrected chi connectivity index (χ0v) is 11.4. The second kappa shape index (κ2) is 6.82. The van der Waals surface area contributed by atoms with Crippen LogP contribution in [0.25, 0.3) is 10.4 Å². The molecule has 3 atom stereocenters. The predicted octanol–water partition coefficient (Wildman–Crippen LogP) is -0.493. The maximum absolute atomic E-state index is 11.9. The van der Waals surface area contributed by atoms with Gasteiger partial charge in [0.1, 0.15) is 12.8 Å². The number of aliphatic hydroxyl groups excluding tert-OH is 1. The number of ether oxygens (including phenoxy) is 2. The van der Waals surface area contributed by atoms with Crippen LogP contribution < -0.4 is 16.0 Å². The van der Waals surface area contributed by atoms with E-state index in [-0.39, 0.29) is 25.4 Å². The summed E-state index contributed by atoms with van der Waals surface area (Å²) in [6.07, 6.45) is 4.87. The van der Waals surface area contributed by atoms with Crippen molar-refractivity contribution >= 4 is 0 Å². The second-order valence-corrected chi connectivity index (χ2v) is 4.47. The Hall–Kier alpha value is -2.73. The van der Waals surface area contributed by atoms with E-state index >= 15 is 0 Å². The van der Waals surface area contributed by atoms with Crippen molar-refractivity contribution in [3.05, 3.63) is 37.5 Å². The minimum Gasteiger partial charge on any atom is -0.474 e. The molecule has 0 amide bonds. The molecule has 1 unspecified atom stereocenters. The van der Waals surface area contributed by atoms with Gasteiger partial charge in [-0.2, -0.15) is 0 Å². The zero-order chi connectivity index (χ0) is 16.1. The molecule has 0 aliphatic carbocycles. The van der Waals surface area contributed by atoms with Crippen LogP contribution in [0.3, 0.4) is 0 Å². The number of H-pyrrole nitrogens is 1. The Balaban J connectivity index is 2.33. The molecule has 1 saturated heterocycles. The van der Waals surface area contributed by atoms with Crippen LogP contribution in [0.2, 0.25) is 0 Å². The summed E-state index contributed by atoms with van der Waals surface area (Å²) in [5.41, 5.74) is 7.08. The van der Waals surface area contributed by atoms with Gasteiger partial charge >= 0.3 is 5.69 Å². The second-order valence-electron chi connectivity index (χ2n) is 4.47. The lowest BCUT2D eigenvalue weighted by molar-refractivity contribution is -0.0273. The molecule has 2 N–H and O–H groups in total. The minimum absolute atomic E-state index is 0.131. The average Bonchev–Trinajstić information content (AvgIpc) is 2.89. The van der Waals surface area contributed by atoms with Crippen molar-refractivity contribution in [1.82, 2.24) is 9.55 Å². The van der Waals surface area contributed by atoms with Crippen LogP contribution in [0.4, 0.5) is 0 Å². The van der Waals surface area contributed by atoms with Crippen LogP contribution >= 0.6 is 0 Å². The van der Waals surface area contributed by atoms with E-state index in [4.69, 9.17) is 21.4 Å². The van der Waals surface area contributed by atoms with Gasteiger partial charge in [0.15, 0.2) is 0 Å². The highest BCUT2D eigenvalue weighted by Gasteiger charge is 2.35. The number of hydrogen-bond donors (Lipinski definition) is 2. The Labute approximate surface area is 123 Å². The van der Waals surface area contributed by atoms with E-state index in [9.17, 15) is 14.7 Å². The molecular formula is C12H13N5O5. The molecule has 1 fully saturated rings. The van der Waals surface area contributed by atoms with Gasteiger partial charge in [0, 0.05) is 11.3 Å². The van der Waals surface area contributed by atoms with Gasteiger partial charge in [-0.1, -0.05) is 11.0 Å². The average molecular weight is 307 g/mol. The standard InChI is InChI=1S/C12H13N5O5/c1-2-3-21-8-5-17(12(20)14-11(8)19)10-4-7(15-16-13)9(6-18)22-10/h1,5,7,9-10,18H,3-4,6H2,(H,14,19,20)/t7?,9-,10-/m1/s1. The van der Waals surface area contributed by atoms with Crippen LogP contribution in [-0.4, -0.2) is 40.0 Å². The van der Waals surface area contributed by atoms with E-state index in [1.54, 1.807) is 0 Å². The van der Waals surface area contributed by atoms with Crippen LogP contribution in [0.1, 0.15) is 12.6 Å². The molecule has 22 heavy (non-hydrogen) atoms. The molecular weight excluding hydrogens is 294 g/mol. The fourth-order valence-electron chi connectivity index (χ4n) is 2.14. The molecule has 116 valence electrons. The number of terminal acetylenes is 1. The smallest absolute Gasteiger partial charge is 0.330 e. The lowest BCUT2D eigenvalue weighted by atomic mass is 10.1. The summed E-state index contributed by atoms with van der Waals surface area (Å²) in [6.45, 7) is -0.494. The Morgan fingerprint density at radius 3 is 3.09 bits per heavy atom.